The summed E-state index contributed by atoms with van der Waals surface area (Å²) >= 11 is 1.58. The molecule has 22 heavy (non-hydrogen) atoms. The Morgan fingerprint density at radius 2 is 2.32 bits per heavy atom. The van der Waals surface area contributed by atoms with Gasteiger partial charge in [0.05, 0.1) is 23.8 Å². The molecule has 1 fully saturated rings. The molecule has 0 spiro atoms. The highest BCUT2D eigenvalue weighted by molar-refractivity contribution is 7.09. The van der Waals surface area contributed by atoms with Crippen LogP contribution in [0, 0.1) is 6.92 Å². The van der Waals surface area contributed by atoms with Gasteiger partial charge in [0.2, 0.25) is 0 Å². The number of hydrogen-bond donors (Lipinski definition) is 0. The molecule has 1 aliphatic heterocycles. The van der Waals surface area contributed by atoms with Crippen molar-refractivity contribution in [1.82, 2.24) is 19.7 Å². The lowest BCUT2D eigenvalue weighted by molar-refractivity contribution is 0.0716. The molecule has 3 heterocycles. The number of carbonyl (C=O) groups is 1. The topological polar surface area (TPSA) is 51.0 Å². The highest BCUT2D eigenvalue weighted by Crippen LogP contribution is 2.24. The normalized spacial score (nSPS) is 18.4. The van der Waals surface area contributed by atoms with Crippen molar-refractivity contribution in [2.75, 3.05) is 6.54 Å². The molecule has 0 saturated carbocycles. The van der Waals surface area contributed by atoms with Gasteiger partial charge in [0.15, 0.2) is 0 Å². The van der Waals surface area contributed by atoms with Gasteiger partial charge in [-0.15, -0.1) is 11.3 Å². The second-order valence-corrected chi connectivity index (χ2v) is 7.15. The summed E-state index contributed by atoms with van der Waals surface area (Å²) in [5.41, 5.74) is 1.74. The third-order valence-electron chi connectivity index (χ3n) is 4.03. The van der Waals surface area contributed by atoms with Crippen LogP contribution in [0.5, 0.6) is 0 Å². The minimum absolute atomic E-state index is 0.0644. The molecule has 0 bridgehead atoms. The highest BCUT2D eigenvalue weighted by Gasteiger charge is 2.31. The van der Waals surface area contributed by atoms with Crippen LogP contribution in [0.25, 0.3) is 0 Å². The van der Waals surface area contributed by atoms with Gasteiger partial charge in [-0.05, 0) is 25.3 Å². The Bertz CT molecular complexity index is 661. The quantitative estimate of drug-likeness (QED) is 0.870. The number of hydrogen-bond acceptors (Lipinski definition) is 4. The van der Waals surface area contributed by atoms with Crippen LogP contribution >= 0.6 is 11.3 Å². The zero-order valence-electron chi connectivity index (χ0n) is 13.3. The zero-order chi connectivity index (χ0) is 15.7. The third-order valence-corrected chi connectivity index (χ3v) is 5.18. The molecule has 0 aromatic carbocycles. The van der Waals surface area contributed by atoms with Crippen molar-refractivity contribution in [1.29, 1.82) is 0 Å². The minimum atomic E-state index is 0.0644. The van der Waals surface area contributed by atoms with E-state index in [4.69, 9.17) is 0 Å². The predicted molar refractivity (Wildman–Crippen MR) is 87.2 cm³/mol. The number of nitrogens with zero attached hydrogens (tertiary/aromatic N) is 4. The molecule has 1 saturated heterocycles. The summed E-state index contributed by atoms with van der Waals surface area (Å²) in [5.74, 6) is 0.433. The summed E-state index contributed by atoms with van der Waals surface area (Å²) in [6.45, 7) is 7.82. The number of aryl methyl sites for hydroxylation is 1. The average Bonchev–Trinajstić information content (AvgIpc) is 3.19. The van der Waals surface area contributed by atoms with E-state index < -0.39 is 0 Å². The first-order chi connectivity index (χ1) is 10.5. The predicted octanol–water partition coefficient (Wildman–Crippen LogP) is 3.08. The minimum Gasteiger partial charge on any atom is -0.332 e. The van der Waals surface area contributed by atoms with Gasteiger partial charge in [0.1, 0.15) is 5.69 Å². The van der Waals surface area contributed by atoms with Crippen LogP contribution in [0.3, 0.4) is 0 Å². The van der Waals surface area contributed by atoms with Crippen molar-refractivity contribution in [2.45, 2.75) is 52.1 Å². The summed E-state index contributed by atoms with van der Waals surface area (Å²) in [7, 11) is 0. The summed E-state index contributed by atoms with van der Waals surface area (Å²) in [5, 5.41) is 7.26. The number of carbonyl (C=O) groups excluding carboxylic acids is 1. The van der Waals surface area contributed by atoms with Crippen molar-refractivity contribution in [2.24, 2.45) is 0 Å². The molecule has 3 rings (SSSR count). The van der Waals surface area contributed by atoms with E-state index in [2.05, 4.69) is 23.9 Å². The van der Waals surface area contributed by atoms with Crippen LogP contribution in [0.1, 0.15) is 53.7 Å². The van der Waals surface area contributed by atoms with Crippen molar-refractivity contribution in [3.8, 4) is 0 Å². The molecule has 2 aromatic heterocycles. The fraction of sp³-hybridized carbons (Fsp3) is 0.562. The van der Waals surface area contributed by atoms with Gasteiger partial charge in [-0.1, -0.05) is 13.8 Å². The molecule has 1 aliphatic rings. The van der Waals surface area contributed by atoms with Crippen LogP contribution in [0.2, 0.25) is 0 Å². The summed E-state index contributed by atoms with van der Waals surface area (Å²) in [6, 6.07) is 0.219. The van der Waals surface area contributed by atoms with Gasteiger partial charge in [0, 0.05) is 24.0 Å². The van der Waals surface area contributed by atoms with Crippen LogP contribution in [-0.2, 0) is 6.54 Å². The van der Waals surface area contributed by atoms with Crippen LogP contribution < -0.4 is 0 Å². The monoisotopic (exact) mass is 318 g/mol. The molecule has 2 aromatic rings. The van der Waals surface area contributed by atoms with Crippen molar-refractivity contribution in [3.05, 3.63) is 34.0 Å². The lowest BCUT2D eigenvalue weighted by atomic mass is 10.2. The van der Waals surface area contributed by atoms with Gasteiger partial charge in [-0.2, -0.15) is 5.10 Å². The summed E-state index contributed by atoms with van der Waals surface area (Å²) < 4.78 is 1.94. The van der Waals surface area contributed by atoms with Gasteiger partial charge in [-0.3, -0.25) is 9.48 Å². The van der Waals surface area contributed by atoms with Crippen LogP contribution in [0.4, 0.5) is 0 Å². The highest BCUT2D eigenvalue weighted by atomic mass is 32.1. The van der Waals surface area contributed by atoms with Gasteiger partial charge >= 0.3 is 0 Å². The third kappa shape index (κ3) is 3.06. The standard InChI is InChI=1S/C16H22N4OS/c1-11(2)15-18-14(10-22-15)16(21)20-6-4-5-13(20)9-19-8-12(3)7-17-19/h7-8,10-11,13H,4-6,9H2,1-3H3. The van der Waals surface area contributed by atoms with Crippen molar-refractivity contribution < 1.29 is 4.79 Å². The maximum absolute atomic E-state index is 12.7. The Kier molecular flexibility index (Phi) is 4.29. The maximum Gasteiger partial charge on any atom is 0.273 e. The first-order valence-electron chi connectivity index (χ1n) is 7.80. The molecule has 0 N–H and O–H groups in total. The van der Waals surface area contributed by atoms with Crippen molar-refractivity contribution in [3.63, 3.8) is 0 Å². The Balaban J connectivity index is 1.72. The molecular weight excluding hydrogens is 296 g/mol. The van der Waals surface area contributed by atoms with Gasteiger partial charge in [-0.25, -0.2) is 4.98 Å². The average molecular weight is 318 g/mol. The number of likely N-dealkylation sites (tertiary alicyclic amines) is 1. The molecule has 1 amide bonds. The molecule has 0 aliphatic carbocycles. The molecule has 0 radical (unpaired) electrons. The molecule has 118 valence electrons. The van der Waals surface area contributed by atoms with Gasteiger partial charge < -0.3 is 4.90 Å². The smallest absolute Gasteiger partial charge is 0.273 e. The van der Waals surface area contributed by atoms with E-state index in [9.17, 15) is 4.79 Å². The van der Waals surface area contributed by atoms with E-state index in [-0.39, 0.29) is 11.9 Å². The Morgan fingerprint density at radius 1 is 1.50 bits per heavy atom. The number of amides is 1. The fourth-order valence-electron chi connectivity index (χ4n) is 2.87. The number of rotatable bonds is 4. The summed E-state index contributed by atoms with van der Waals surface area (Å²) in [4.78, 5) is 19.2. The second kappa shape index (κ2) is 6.20. The van der Waals surface area contributed by atoms with E-state index in [1.165, 1.54) is 0 Å². The molecule has 1 unspecified atom stereocenters. The Morgan fingerprint density at radius 3 is 2.95 bits per heavy atom. The van der Waals surface area contributed by atoms with Crippen molar-refractivity contribution >= 4 is 17.2 Å². The second-order valence-electron chi connectivity index (χ2n) is 6.26. The van der Waals surface area contributed by atoms with E-state index >= 15 is 0 Å². The lowest BCUT2D eigenvalue weighted by Gasteiger charge is -2.24. The van der Waals surface area contributed by atoms with Gasteiger partial charge in [0.25, 0.3) is 5.91 Å². The molecule has 1 atom stereocenters. The van der Waals surface area contributed by atoms with E-state index in [0.717, 1.165) is 36.5 Å². The molecular formula is C16H22N4OS. The molecule has 5 nitrogen and oxygen atoms in total. The fourth-order valence-corrected chi connectivity index (χ4v) is 3.68. The zero-order valence-corrected chi connectivity index (χ0v) is 14.1. The van der Waals surface area contributed by atoms with E-state index in [1.807, 2.05) is 34.3 Å². The number of thiazole rings is 1. The summed E-state index contributed by atoms with van der Waals surface area (Å²) in [6.07, 6.45) is 5.97. The maximum atomic E-state index is 12.7. The first-order valence-corrected chi connectivity index (χ1v) is 8.68. The molecule has 6 heteroatoms. The van der Waals surface area contributed by atoms with E-state index in [0.29, 0.717) is 11.6 Å². The van der Waals surface area contributed by atoms with E-state index in [1.54, 1.807) is 11.3 Å². The largest absolute Gasteiger partial charge is 0.332 e. The van der Waals surface area contributed by atoms with Crippen LogP contribution in [0.15, 0.2) is 17.8 Å². The Hall–Kier alpha value is -1.69. The Labute approximate surface area is 135 Å². The van der Waals surface area contributed by atoms with Crippen LogP contribution in [-0.4, -0.2) is 38.2 Å². The number of aromatic nitrogens is 3. The first kappa shape index (κ1) is 15.2. The SMILES string of the molecule is Cc1cnn(CC2CCCN2C(=O)c2csc(C(C)C)n2)c1. The lowest BCUT2D eigenvalue weighted by Crippen LogP contribution is -2.38.